The lowest BCUT2D eigenvalue weighted by Crippen LogP contribution is -2.15. The molecule has 0 radical (unpaired) electrons. The predicted octanol–water partition coefficient (Wildman–Crippen LogP) is 2.59. The number of halogens is 1. The van der Waals surface area contributed by atoms with Gasteiger partial charge >= 0.3 is 5.97 Å². The highest BCUT2D eigenvalue weighted by atomic mass is 35.7. The standard InChI is InChI=1S/C13H17ClO6S/c1-5-8(2)20-13(15)9-6-10(18-3)12(19-4)11(7-9)21(14,16)17/h6-8H,5H2,1-4H3. The first-order valence-corrected chi connectivity index (χ1v) is 8.47. The maximum absolute atomic E-state index is 12.0. The number of carbonyl (C=O) groups is 1. The van der Waals surface area contributed by atoms with Gasteiger partial charge in [0.25, 0.3) is 9.05 Å². The molecule has 0 aliphatic heterocycles. The first-order valence-electron chi connectivity index (χ1n) is 6.16. The predicted molar refractivity (Wildman–Crippen MR) is 77.8 cm³/mol. The minimum Gasteiger partial charge on any atom is -0.493 e. The van der Waals surface area contributed by atoms with Gasteiger partial charge in [-0.3, -0.25) is 0 Å². The molecule has 0 saturated carbocycles. The third-order valence-electron chi connectivity index (χ3n) is 2.83. The second-order valence-electron chi connectivity index (χ2n) is 4.27. The molecule has 0 N–H and O–H groups in total. The summed E-state index contributed by atoms with van der Waals surface area (Å²) in [6.07, 6.45) is 0.348. The second-order valence-corrected chi connectivity index (χ2v) is 6.81. The molecule has 1 rings (SSSR count). The van der Waals surface area contributed by atoms with Crippen molar-refractivity contribution >= 4 is 25.7 Å². The van der Waals surface area contributed by atoms with Gasteiger partial charge in [0.15, 0.2) is 11.5 Å². The van der Waals surface area contributed by atoms with Crippen LogP contribution in [0.3, 0.4) is 0 Å². The topological polar surface area (TPSA) is 78.9 Å². The fourth-order valence-electron chi connectivity index (χ4n) is 1.56. The van der Waals surface area contributed by atoms with Crippen LogP contribution in [-0.4, -0.2) is 34.7 Å². The van der Waals surface area contributed by atoms with Crippen LogP contribution >= 0.6 is 10.7 Å². The summed E-state index contributed by atoms with van der Waals surface area (Å²) in [6, 6.07) is 2.45. The molecule has 21 heavy (non-hydrogen) atoms. The van der Waals surface area contributed by atoms with Gasteiger partial charge in [0.2, 0.25) is 0 Å². The zero-order valence-electron chi connectivity index (χ0n) is 12.2. The summed E-state index contributed by atoms with van der Waals surface area (Å²) in [5.41, 5.74) is 0.0205. The lowest BCUT2D eigenvalue weighted by molar-refractivity contribution is 0.0333. The molecule has 8 heteroatoms. The molecule has 0 saturated heterocycles. The van der Waals surface area contributed by atoms with E-state index in [1.165, 1.54) is 20.3 Å². The molecule has 1 atom stereocenters. The monoisotopic (exact) mass is 336 g/mol. The number of hydrogen-bond acceptors (Lipinski definition) is 6. The molecule has 1 unspecified atom stereocenters. The quantitative estimate of drug-likeness (QED) is 0.587. The number of methoxy groups -OCH3 is 2. The molecule has 0 bridgehead atoms. The Morgan fingerprint density at radius 2 is 1.90 bits per heavy atom. The number of benzene rings is 1. The van der Waals surface area contributed by atoms with Crippen LogP contribution in [0.15, 0.2) is 17.0 Å². The molecule has 1 aromatic rings. The average molecular weight is 337 g/mol. The van der Waals surface area contributed by atoms with Crippen LogP contribution in [0.4, 0.5) is 0 Å². The Morgan fingerprint density at radius 3 is 2.33 bits per heavy atom. The van der Waals surface area contributed by atoms with Crippen LogP contribution in [0.2, 0.25) is 0 Å². The van der Waals surface area contributed by atoms with Crippen LogP contribution in [-0.2, 0) is 13.8 Å². The Labute approximate surface area is 128 Å². The van der Waals surface area contributed by atoms with E-state index in [1.807, 2.05) is 6.92 Å². The van der Waals surface area contributed by atoms with Crippen LogP contribution in [0.1, 0.15) is 30.6 Å². The van der Waals surface area contributed by atoms with Gasteiger partial charge in [-0.1, -0.05) is 6.92 Å². The summed E-state index contributed by atoms with van der Waals surface area (Å²) in [4.78, 5) is 11.7. The largest absolute Gasteiger partial charge is 0.493 e. The first kappa shape index (κ1) is 17.6. The first-order chi connectivity index (χ1) is 9.74. The molecule has 0 aliphatic carbocycles. The molecule has 0 amide bonds. The minimum atomic E-state index is -4.11. The zero-order valence-corrected chi connectivity index (χ0v) is 13.7. The van der Waals surface area contributed by atoms with Gasteiger partial charge in [-0.2, -0.15) is 0 Å². The smallest absolute Gasteiger partial charge is 0.338 e. The fourth-order valence-corrected chi connectivity index (χ4v) is 2.58. The number of hydrogen-bond donors (Lipinski definition) is 0. The summed E-state index contributed by atoms with van der Waals surface area (Å²) >= 11 is 0. The van der Waals surface area contributed by atoms with E-state index in [1.54, 1.807) is 6.92 Å². The molecule has 0 heterocycles. The Bertz CT molecular complexity index is 626. The summed E-state index contributed by atoms with van der Waals surface area (Å²) in [7, 11) is 3.86. The van der Waals surface area contributed by atoms with E-state index in [0.29, 0.717) is 6.42 Å². The normalized spacial score (nSPS) is 12.6. The van der Waals surface area contributed by atoms with Crippen LogP contribution in [0, 0.1) is 0 Å². The van der Waals surface area contributed by atoms with E-state index in [-0.39, 0.29) is 28.1 Å². The number of rotatable bonds is 6. The SMILES string of the molecule is CCC(C)OC(=O)c1cc(OC)c(OC)c(S(=O)(=O)Cl)c1. The Morgan fingerprint density at radius 1 is 1.29 bits per heavy atom. The maximum Gasteiger partial charge on any atom is 0.338 e. The summed E-state index contributed by atoms with van der Waals surface area (Å²) in [5.74, 6) is -0.644. The number of ether oxygens (including phenoxy) is 3. The van der Waals surface area contributed by atoms with Gasteiger partial charge in [-0.15, -0.1) is 0 Å². The van der Waals surface area contributed by atoms with Crippen LogP contribution in [0.5, 0.6) is 11.5 Å². The van der Waals surface area contributed by atoms with E-state index < -0.39 is 15.0 Å². The molecule has 0 fully saturated rings. The Kier molecular flexibility index (Phi) is 5.86. The van der Waals surface area contributed by atoms with Crippen molar-refractivity contribution in [2.75, 3.05) is 14.2 Å². The summed E-state index contributed by atoms with van der Waals surface area (Å²) < 4.78 is 38.4. The highest BCUT2D eigenvalue weighted by molar-refractivity contribution is 8.13. The van der Waals surface area contributed by atoms with Crippen molar-refractivity contribution < 1.29 is 27.4 Å². The van der Waals surface area contributed by atoms with Crippen LogP contribution in [0.25, 0.3) is 0 Å². The van der Waals surface area contributed by atoms with Crippen molar-refractivity contribution in [3.8, 4) is 11.5 Å². The lowest BCUT2D eigenvalue weighted by atomic mass is 10.2. The van der Waals surface area contributed by atoms with Crippen molar-refractivity contribution in [3.63, 3.8) is 0 Å². The van der Waals surface area contributed by atoms with E-state index >= 15 is 0 Å². The summed E-state index contributed by atoms with van der Waals surface area (Å²) in [5, 5.41) is 0. The lowest BCUT2D eigenvalue weighted by Gasteiger charge is -2.15. The third-order valence-corrected chi connectivity index (χ3v) is 4.15. The van der Waals surface area contributed by atoms with E-state index in [9.17, 15) is 13.2 Å². The Hall–Kier alpha value is -1.47. The second kappa shape index (κ2) is 7.00. The Balaban J connectivity index is 3.40. The molecule has 0 aromatic heterocycles. The molecule has 0 aliphatic rings. The fraction of sp³-hybridized carbons (Fsp3) is 0.462. The van der Waals surface area contributed by atoms with Crippen LogP contribution < -0.4 is 9.47 Å². The van der Waals surface area contributed by atoms with Gasteiger partial charge in [0.1, 0.15) is 4.90 Å². The van der Waals surface area contributed by atoms with Crippen molar-refractivity contribution in [2.45, 2.75) is 31.3 Å². The highest BCUT2D eigenvalue weighted by Gasteiger charge is 2.25. The zero-order chi connectivity index (χ0) is 16.2. The van der Waals surface area contributed by atoms with Gasteiger partial charge in [-0.05, 0) is 25.5 Å². The highest BCUT2D eigenvalue weighted by Crippen LogP contribution is 2.37. The van der Waals surface area contributed by atoms with E-state index in [4.69, 9.17) is 24.9 Å². The van der Waals surface area contributed by atoms with Crippen molar-refractivity contribution in [2.24, 2.45) is 0 Å². The maximum atomic E-state index is 12.0. The minimum absolute atomic E-state index is 0.0205. The number of carbonyl (C=O) groups excluding carboxylic acids is 1. The third kappa shape index (κ3) is 4.25. The van der Waals surface area contributed by atoms with Crippen molar-refractivity contribution in [1.82, 2.24) is 0 Å². The molecular formula is C13H17ClO6S. The van der Waals surface area contributed by atoms with Crippen molar-refractivity contribution in [1.29, 1.82) is 0 Å². The molecule has 6 nitrogen and oxygen atoms in total. The van der Waals surface area contributed by atoms with E-state index in [0.717, 1.165) is 6.07 Å². The van der Waals surface area contributed by atoms with E-state index in [2.05, 4.69) is 0 Å². The number of esters is 1. The van der Waals surface area contributed by atoms with Gasteiger partial charge in [0, 0.05) is 10.7 Å². The summed E-state index contributed by atoms with van der Waals surface area (Å²) in [6.45, 7) is 3.60. The molecular weight excluding hydrogens is 320 g/mol. The molecule has 0 spiro atoms. The molecule has 118 valence electrons. The van der Waals surface area contributed by atoms with Gasteiger partial charge in [0.05, 0.1) is 25.9 Å². The van der Waals surface area contributed by atoms with Gasteiger partial charge in [-0.25, -0.2) is 13.2 Å². The molecule has 1 aromatic carbocycles. The van der Waals surface area contributed by atoms with Gasteiger partial charge < -0.3 is 14.2 Å². The average Bonchev–Trinajstić information content (AvgIpc) is 2.44. The van der Waals surface area contributed by atoms with Crippen molar-refractivity contribution in [3.05, 3.63) is 17.7 Å².